The number of carbonyl (C=O) groups excluding carboxylic acids is 2. The van der Waals surface area contributed by atoms with E-state index < -0.39 is 5.60 Å². The number of morpholine rings is 1. The van der Waals surface area contributed by atoms with Gasteiger partial charge in [0.1, 0.15) is 11.4 Å². The number of hydrogen-bond donors (Lipinski definition) is 0. The first-order valence-electron chi connectivity index (χ1n) is 9.06. The van der Waals surface area contributed by atoms with Crippen LogP contribution in [0.25, 0.3) is 0 Å². The van der Waals surface area contributed by atoms with E-state index in [1.165, 1.54) is 6.07 Å². The van der Waals surface area contributed by atoms with E-state index in [-0.39, 0.29) is 35.7 Å². The third kappa shape index (κ3) is 3.75. The number of piperidine rings is 1. The van der Waals surface area contributed by atoms with Crippen LogP contribution in [-0.4, -0.2) is 47.7 Å². The van der Waals surface area contributed by atoms with Crippen molar-refractivity contribution in [1.29, 1.82) is 0 Å². The molecular formula is C20H26FNO4. The minimum absolute atomic E-state index is 0.0530. The molecule has 1 aromatic rings. The van der Waals surface area contributed by atoms with Crippen LogP contribution in [0, 0.1) is 18.7 Å². The van der Waals surface area contributed by atoms with Gasteiger partial charge in [-0.3, -0.25) is 9.69 Å². The molecule has 2 heterocycles. The maximum atomic E-state index is 13.8. The van der Waals surface area contributed by atoms with Gasteiger partial charge in [-0.2, -0.15) is 0 Å². The highest BCUT2D eigenvalue weighted by Crippen LogP contribution is 2.35. The molecule has 1 aromatic carbocycles. The Bertz CT molecular complexity index is 698. The molecule has 2 fully saturated rings. The summed E-state index contributed by atoms with van der Waals surface area (Å²) in [4.78, 5) is 27.3. The lowest BCUT2D eigenvalue weighted by atomic mass is 9.80. The Balaban J connectivity index is 1.78. The molecule has 1 amide bonds. The summed E-state index contributed by atoms with van der Waals surface area (Å²) in [5.74, 6) is -0.665. The Morgan fingerprint density at radius 3 is 2.38 bits per heavy atom. The second-order valence-corrected chi connectivity index (χ2v) is 8.18. The molecule has 0 spiro atoms. The molecule has 26 heavy (non-hydrogen) atoms. The normalized spacial score (nSPS) is 25.7. The van der Waals surface area contributed by atoms with Gasteiger partial charge in [-0.1, -0.05) is 12.1 Å². The smallest absolute Gasteiger partial charge is 0.410 e. The maximum absolute atomic E-state index is 13.8. The minimum Gasteiger partial charge on any atom is -0.444 e. The molecular weight excluding hydrogens is 337 g/mol. The van der Waals surface area contributed by atoms with Crippen molar-refractivity contribution in [3.8, 4) is 0 Å². The van der Waals surface area contributed by atoms with Crippen LogP contribution < -0.4 is 0 Å². The maximum Gasteiger partial charge on any atom is 0.410 e. The van der Waals surface area contributed by atoms with Gasteiger partial charge in [0.25, 0.3) is 0 Å². The van der Waals surface area contributed by atoms with Crippen LogP contribution in [0.15, 0.2) is 18.2 Å². The van der Waals surface area contributed by atoms with Crippen LogP contribution in [0.5, 0.6) is 0 Å². The highest BCUT2D eigenvalue weighted by molar-refractivity contribution is 5.99. The van der Waals surface area contributed by atoms with Crippen molar-refractivity contribution in [2.24, 2.45) is 5.92 Å². The predicted molar refractivity (Wildman–Crippen MR) is 94.7 cm³/mol. The molecule has 0 radical (unpaired) electrons. The molecule has 0 N–H and O–H groups in total. The van der Waals surface area contributed by atoms with Gasteiger partial charge in [-0.25, -0.2) is 9.18 Å². The SMILES string of the molecule is Cc1c(F)cccc1C(=O)C1CC2COCC(C1)N2C(=O)OC(C)(C)C. The van der Waals surface area contributed by atoms with Gasteiger partial charge >= 0.3 is 6.09 Å². The van der Waals surface area contributed by atoms with Gasteiger partial charge < -0.3 is 9.47 Å². The van der Waals surface area contributed by atoms with Crippen molar-refractivity contribution in [2.75, 3.05) is 13.2 Å². The molecule has 2 atom stereocenters. The molecule has 2 aliphatic heterocycles. The van der Waals surface area contributed by atoms with E-state index in [9.17, 15) is 14.0 Å². The molecule has 3 rings (SSSR count). The van der Waals surface area contributed by atoms with Gasteiger partial charge in [-0.05, 0) is 52.2 Å². The largest absolute Gasteiger partial charge is 0.444 e. The van der Waals surface area contributed by atoms with E-state index in [0.29, 0.717) is 37.2 Å². The van der Waals surface area contributed by atoms with Crippen molar-refractivity contribution in [3.05, 3.63) is 35.1 Å². The molecule has 6 heteroatoms. The Kier molecular flexibility index (Phi) is 5.06. The van der Waals surface area contributed by atoms with Crippen molar-refractivity contribution < 1.29 is 23.5 Å². The number of amides is 1. The number of Topliss-reactive ketones (excluding diaryl/α,β-unsaturated/α-hetero) is 1. The van der Waals surface area contributed by atoms with Crippen LogP contribution in [0.2, 0.25) is 0 Å². The zero-order valence-corrected chi connectivity index (χ0v) is 15.8. The standard InChI is InChI=1S/C20H26FNO4/c1-12-16(6-5-7-17(12)21)18(23)13-8-14-10-25-11-15(9-13)22(14)19(24)26-20(2,3)4/h5-7,13-15H,8-11H2,1-4H3. The highest BCUT2D eigenvalue weighted by atomic mass is 19.1. The van der Waals surface area contributed by atoms with Crippen LogP contribution in [-0.2, 0) is 9.47 Å². The molecule has 0 aliphatic carbocycles. The minimum atomic E-state index is -0.572. The first-order valence-corrected chi connectivity index (χ1v) is 9.06. The molecule has 2 aliphatic rings. The fraction of sp³-hybridized carbons (Fsp3) is 0.600. The average Bonchev–Trinajstić information content (AvgIpc) is 2.54. The Hall–Kier alpha value is -1.95. The number of hydrogen-bond acceptors (Lipinski definition) is 4. The molecule has 0 saturated carbocycles. The topological polar surface area (TPSA) is 55.8 Å². The second kappa shape index (κ2) is 6.99. The van der Waals surface area contributed by atoms with E-state index >= 15 is 0 Å². The van der Waals surface area contributed by atoms with E-state index in [2.05, 4.69) is 0 Å². The Labute approximate surface area is 153 Å². The van der Waals surface area contributed by atoms with Crippen LogP contribution in [0.4, 0.5) is 9.18 Å². The highest BCUT2D eigenvalue weighted by Gasteiger charge is 2.45. The zero-order valence-electron chi connectivity index (χ0n) is 15.8. The van der Waals surface area contributed by atoms with Crippen molar-refractivity contribution in [3.63, 3.8) is 0 Å². The molecule has 2 unspecified atom stereocenters. The second-order valence-electron chi connectivity index (χ2n) is 8.18. The summed E-state index contributed by atoms with van der Waals surface area (Å²) in [7, 11) is 0. The molecule has 142 valence electrons. The van der Waals surface area contributed by atoms with E-state index in [1.807, 2.05) is 20.8 Å². The zero-order chi connectivity index (χ0) is 19.1. The summed E-state index contributed by atoms with van der Waals surface area (Å²) in [6.07, 6.45) is 0.651. The lowest BCUT2D eigenvalue weighted by molar-refractivity contribution is -0.0861. The number of carbonyl (C=O) groups is 2. The van der Waals surface area contributed by atoms with E-state index in [1.54, 1.807) is 24.0 Å². The summed E-state index contributed by atoms with van der Waals surface area (Å²) in [5.41, 5.74) is 0.241. The molecule has 5 nitrogen and oxygen atoms in total. The summed E-state index contributed by atoms with van der Waals surface area (Å²) in [5, 5.41) is 0. The number of benzene rings is 1. The van der Waals surface area contributed by atoms with Gasteiger partial charge in [-0.15, -0.1) is 0 Å². The van der Waals surface area contributed by atoms with E-state index in [4.69, 9.17) is 9.47 Å². The van der Waals surface area contributed by atoms with Crippen molar-refractivity contribution >= 4 is 11.9 Å². The van der Waals surface area contributed by atoms with Gasteiger partial charge in [0.2, 0.25) is 0 Å². The predicted octanol–water partition coefficient (Wildman–Crippen LogP) is 3.73. The lowest BCUT2D eigenvalue weighted by Crippen LogP contribution is -2.60. The van der Waals surface area contributed by atoms with Gasteiger partial charge in [0.05, 0.1) is 25.3 Å². The molecule has 2 bridgehead atoms. The molecule has 0 aromatic heterocycles. The Morgan fingerprint density at radius 2 is 1.81 bits per heavy atom. The molecule has 2 saturated heterocycles. The summed E-state index contributed by atoms with van der Waals surface area (Å²) in [6.45, 7) is 7.91. The number of nitrogens with zero attached hydrogens (tertiary/aromatic N) is 1. The fourth-order valence-electron chi connectivity index (χ4n) is 3.84. The third-order valence-electron chi connectivity index (χ3n) is 5.03. The average molecular weight is 363 g/mol. The van der Waals surface area contributed by atoms with Crippen molar-refractivity contribution in [1.82, 2.24) is 4.90 Å². The summed E-state index contributed by atoms with van der Waals surface area (Å²) < 4.78 is 24.9. The first kappa shape index (κ1) is 18.8. The van der Waals surface area contributed by atoms with Crippen LogP contribution in [0.1, 0.15) is 49.5 Å². The van der Waals surface area contributed by atoms with Gasteiger partial charge in [0, 0.05) is 11.5 Å². The monoisotopic (exact) mass is 363 g/mol. The quantitative estimate of drug-likeness (QED) is 0.751. The van der Waals surface area contributed by atoms with Crippen molar-refractivity contribution in [2.45, 2.75) is 58.2 Å². The number of halogens is 1. The Morgan fingerprint density at radius 1 is 1.19 bits per heavy atom. The van der Waals surface area contributed by atoms with Gasteiger partial charge in [0.15, 0.2) is 5.78 Å². The van der Waals surface area contributed by atoms with Crippen LogP contribution in [0.3, 0.4) is 0 Å². The summed E-state index contributed by atoms with van der Waals surface area (Å²) >= 11 is 0. The number of rotatable bonds is 2. The summed E-state index contributed by atoms with van der Waals surface area (Å²) in [6, 6.07) is 4.21. The third-order valence-corrected chi connectivity index (χ3v) is 5.03. The number of ether oxygens (including phenoxy) is 2. The fourth-order valence-corrected chi connectivity index (χ4v) is 3.84. The number of fused-ring (bicyclic) bond motifs is 2. The number of ketones is 1. The van der Waals surface area contributed by atoms with E-state index in [0.717, 1.165) is 0 Å². The first-order chi connectivity index (χ1) is 12.2. The van der Waals surface area contributed by atoms with Crippen LogP contribution >= 0.6 is 0 Å². The lowest BCUT2D eigenvalue weighted by Gasteiger charge is -2.47.